The van der Waals surface area contributed by atoms with Crippen LogP contribution in [0, 0.1) is 5.92 Å². The Kier molecular flexibility index (Phi) is 6.72. The van der Waals surface area contributed by atoms with E-state index in [0.717, 1.165) is 0 Å². The second-order valence-corrected chi connectivity index (χ2v) is 4.40. The summed E-state index contributed by atoms with van der Waals surface area (Å²) in [5, 5.41) is 5.62. The molecule has 0 radical (unpaired) electrons. The lowest BCUT2D eigenvalue weighted by atomic mass is 10.2. The SMILES string of the molecule is CNC(C)C(=O)N(C)CC(=O)NCC(C)C. The van der Waals surface area contributed by atoms with Crippen molar-refractivity contribution in [3.8, 4) is 0 Å². The Hall–Kier alpha value is -1.10. The summed E-state index contributed by atoms with van der Waals surface area (Å²) < 4.78 is 0. The van der Waals surface area contributed by atoms with Crippen molar-refractivity contribution < 1.29 is 9.59 Å². The summed E-state index contributed by atoms with van der Waals surface area (Å²) in [5.74, 6) is 0.219. The van der Waals surface area contributed by atoms with Gasteiger partial charge in [-0.05, 0) is 19.9 Å². The Morgan fingerprint density at radius 2 is 1.81 bits per heavy atom. The molecule has 0 rings (SSSR count). The number of hydrogen-bond donors (Lipinski definition) is 2. The number of likely N-dealkylation sites (N-methyl/N-ethyl adjacent to an activating group) is 2. The van der Waals surface area contributed by atoms with Crippen LogP contribution in [0.15, 0.2) is 0 Å². The van der Waals surface area contributed by atoms with Crippen LogP contribution in [0.1, 0.15) is 20.8 Å². The molecule has 16 heavy (non-hydrogen) atoms. The lowest BCUT2D eigenvalue weighted by Gasteiger charge is -2.20. The van der Waals surface area contributed by atoms with Crippen molar-refractivity contribution in [1.82, 2.24) is 15.5 Å². The lowest BCUT2D eigenvalue weighted by Crippen LogP contribution is -2.46. The van der Waals surface area contributed by atoms with Crippen molar-refractivity contribution in [2.45, 2.75) is 26.8 Å². The van der Waals surface area contributed by atoms with Gasteiger partial charge in [0.1, 0.15) is 0 Å². The smallest absolute Gasteiger partial charge is 0.239 e. The van der Waals surface area contributed by atoms with Crippen LogP contribution in [0.2, 0.25) is 0 Å². The van der Waals surface area contributed by atoms with Crippen molar-refractivity contribution >= 4 is 11.8 Å². The van der Waals surface area contributed by atoms with E-state index >= 15 is 0 Å². The molecule has 0 bridgehead atoms. The quantitative estimate of drug-likeness (QED) is 0.664. The van der Waals surface area contributed by atoms with Crippen molar-refractivity contribution in [1.29, 1.82) is 0 Å². The first kappa shape index (κ1) is 14.9. The molecule has 1 unspecified atom stereocenters. The molecule has 0 aliphatic heterocycles. The van der Waals surface area contributed by atoms with Crippen LogP contribution in [0.3, 0.4) is 0 Å². The van der Waals surface area contributed by atoms with Crippen molar-refractivity contribution in [2.75, 3.05) is 27.2 Å². The van der Waals surface area contributed by atoms with E-state index < -0.39 is 0 Å². The Morgan fingerprint density at radius 3 is 2.25 bits per heavy atom. The van der Waals surface area contributed by atoms with E-state index in [9.17, 15) is 9.59 Å². The second kappa shape index (κ2) is 7.22. The molecule has 5 heteroatoms. The van der Waals surface area contributed by atoms with Gasteiger partial charge in [-0.2, -0.15) is 0 Å². The fourth-order valence-corrected chi connectivity index (χ4v) is 1.12. The third-order valence-electron chi connectivity index (χ3n) is 2.27. The number of carbonyl (C=O) groups is 2. The minimum absolute atomic E-state index is 0.0813. The van der Waals surface area contributed by atoms with E-state index in [1.54, 1.807) is 21.0 Å². The molecule has 2 N–H and O–H groups in total. The maximum Gasteiger partial charge on any atom is 0.239 e. The Bertz CT molecular complexity index is 241. The number of carbonyl (C=O) groups excluding carboxylic acids is 2. The molecule has 1 atom stereocenters. The normalized spacial score (nSPS) is 12.4. The lowest BCUT2D eigenvalue weighted by molar-refractivity contribution is -0.136. The number of hydrogen-bond acceptors (Lipinski definition) is 3. The molecule has 0 saturated carbocycles. The summed E-state index contributed by atoms with van der Waals surface area (Å²) >= 11 is 0. The van der Waals surface area contributed by atoms with Gasteiger partial charge in [-0.25, -0.2) is 0 Å². The first-order valence-electron chi connectivity index (χ1n) is 5.57. The number of nitrogens with one attached hydrogen (secondary N) is 2. The van der Waals surface area contributed by atoms with Crippen molar-refractivity contribution in [3.05, 3.63) is 0 Å². The third-order valence-corrected chi connectivity index (χ3v) is 2.27. The van der Waals surface area contributed by atoms with Gasteiger partial charge >= 0.3 is 0 Å². The fraction of sp³-hybridized carbons (Fsp3) is 0.818. The monoisotopic (exact) mass is 229 g/mol. The average Bonchev–Trinajstić information content (AvgIpc) is 2.24. The first-order valence-corrected chi connectivity index (χ1v) is 5.57. The topological polar surface area (TPSA) is 61.4 Å². The highest BCUT2D eigenvalue weighted by atomic mass is 16.2. The molecule has 0 saturated heterocycles. The third kappa shape index (κ3) is 5.70. The summed E-state index contributed by atoms with van der Waals surface area (Å²) in [7, 11) is 3.35. The predicted molar refractivity (Wildman–Crippen MR) is 64.0 cm³/mol. The Morgan fingerprint density at radius 1 is 1.25 bits per heavy atom. The number of amides is 2. The van der Waals surface area contributed by atoms with Crippen LogP contribution in [0.25, 0.3) is 0 Å². The van der Waals surface area contributed by atoms with E-state index in [1.165, 1.54) is 4.90 Å². The molecule has 2 amide bonds. The van der Waals surface area contributed by atoms with Crippen LogP contribution >= 0.6 is 0 Å². The van der Waals surface area contributed by atoms with Gasteiger partial charge in [0.15, 0.2) is 0 Å². The van der Waals surface area contributed by atoms with Gasteiger partial charge in [0.05, 0.1) is 12.6 Å². The van der Waals surface area contributed by atoms with Gasteiger partial charge < -0.3 is 15.5 Å². The predicted octanol–water partition coefficient (Wildman–Crippen LogP) is -0.175. The van der Waals surface area contributed by atoms with E-state index in [1.807, 2.05) is 13.8 Å². The molecule has 94 valence electrons. The van der Waals surface area contributed by atoms with Crippen LogP contribution in [0.5, 0.6) is 0 Å². The summed E-state index contributed by atoms with van der Waals surface area (Å²) in [6, 6.07) is -0.261. The minimum atomic E-state index is -0.261. The molecule has 0 fully saturated rings. The number of nitrogens with zero attached hydrogens (tertiary/aromatic N) is 1. The van der Waals surface area contributed by atoms with Crippen LogP contribution in [0.4, 0.5) is 0 Å². The first-order chi connectivity index (χ1) is 7.38. The van der Waals surface area contributed by atoms with Gasteiger partial charge in [0, 0.05) is 13.6 Å². The molecule has 0 heterocycles. The highest BCUT2D eigenvalue weighted by molar-refractivity contribution is 5.87. The van der Waals surface area contributed by atoms with Crippen molar-refractivity contribution in [3.63, 3.8) is 0 Å². The molecular formula is C11H23N3O2. The fourth-order valence-electron chi connectivity index (χ4n) is 1.12. The van der Waals surface area contributed by atoms with Crippen LogP contribution in [-0.2, 0) is 9.59 Å². The maximum absolute atomic E-state index is 11.6. The zero-order chi connectivity index (χ0) is 12.7. The van der Waals surface area contributed by atoms with Crippen molar-refractivity contribution in [2.24, 2.45) is 5.92 Å². The molecule has 0 aliphatic rings. The van der Waals surface area contributed by atoms with Crippen LogP contribution in [-0.4, -0.2) is 49.9 Å². The molecule has 0 aromatic carbocycles. The van der Waals surface area contributed by atoms with Crippen LogP contribution < -0.4 is 10.6 Å². The Balaban J connectivity index is 3.99. The van der Waals surface area contributed by atoms with Gasteiger partial charge in [0.25, 0.3) is 0 Å². The summed E-state index contributed by atoms with van der Waals surface area (Å²) in [6.07, 6.45) is 0. The average molecular weight is 229 g/mol. The van der Waals surface area contributed by atoms with Gasteiger partial charge in [-0.1, -0.05) is 13.8 Å². The van der Waals surface area contributed by atoms with Gasteiger partial charge in [-0.3, -0.25) is 9.59 Å². The summed E-state index contributed by atoms with van der Waals surface area (Å²) in [5.41, 5.74) is 0. The van der Waals surface area contributed by atoms with E-state index in [0.29, 0.717) is 12.5 Å². The molecule has 0 aromatic heterocycles. The number of rotatable bonds is 6. The molecule has 0 aliphatic carbocycles. The van der Waals surface area contributed by atoms with E-state index in [4.69, 9.17) is 0 Å². The highest BCUT2D eigenvalue weighted by Crippen LogP contribution is 1.92. The second-order valence-electron chi connectivity index (χ2n) is 4.40. The molecular weight excluding hydrogens is 206 g/mol. The molecule has 5 nitrogen and oxygen atoms in total. The highest BCUT2D eigenvalue weighted by Gasteiger charge is 2.17. The molecule has 0 spiro atoms. The van der Waals surface area contributed by atoms with Gasteiger partial charge in [-0.15, -0.1) is 0 Å². The zero-order valence-electron chi connectivity index (χ0n) is 10.8. The molecule has 0 aromatic rings. The summed E-state index contributed by atoms with van der Waals surface area (Å²) in [6.45, 7) is 6.57. The minimum Gasteiger partial charge on any atom is -0.354 e. The largest absolute Gasteiger partial charge is 0.354 e. The van der Waals surface area contributed by atoms with Gasteiger partial charge in [0.2, 0.25) is 11.8 Å². The summed E-state index contributed by atoms with van der Waals surface area (Å²) in [4.78, 5) is 24.5. The standard InChI is InChI=1S/C11H23N3O2/c1-8(2)6-13-10(15)7-14(5)11(16)9(3)12-4/h8-9,12H,6-7H2,1-5H3,(H,13,15). The van der Waals surface area contributed by atoms with E-state index in [-0.39, 0.29) is 24.4 Å². The zero-order valence-corrected chi connectivity index (χ0v) is 10.8. The maximum atomic E-state index is 11.6. The Labute approximate surface area is 97.6 Å². The van der Waals surface area contributed by atoms with E-state index in [2.05, 4.69) is 10.6 Å².